The van der Waals surface area contributed by atoms with Gasteiger partial charge < -0.3 is 10.7 Å². The zero-order valence-electron chi connectivity index (χ0n) is 7.71. The second-order valence-electron chi connectivity index (χ2n) is 3.15. The Balaban J connectivity index is 2.47. The number of aromatic amines is 1. The molecule has 0 aliphatic rings. The summed E-state index contributed by atoms with van der Waals surface area (Å²) < 4.78 is 0. The van der Waals surface area contributed by atoms with Gasteiger partial charge in [-0.2, -0.15) is 0 Å². The Morgan fingerprint density at radius 3 is 2.79 bits per heavy atom. The molecule has 0 aliphatic heterocycles. The Bertz CT molecular complexity index is 462. The summed E-state index contributed by atoms with van der Waals surface area (Å²) in [6.07, 6.45) is 1.71. The fourth-order valence-electron chi connectivity index (χ4n) is 1.30. The highest BCUT2D eigenvalue weighted by atomic mass is 35.5. The molecule has 0 amide bonds. The number of hydrogen-bond acceptors (Lipinski definition) is 2. The first-order valence-electron chi connectivity index (χ1n) is 4.24. The van der Waals surface area contributed by atoms with E-state index in [4.69, 9.17) is 17.3 Å². The average Bonchev–Trinajstić information content (AvgIpc) is 2.57. The minimum atomic E-state index is 0.424. The monoisotopic (exact) mass is 207 g/mol. The molecule has 0 saturated heterocycles. The summed E-state index contributed by atoms with van der Waals surface area (Å²) in [4.78, 5) is 6.90. The summed E-state index contributed by atoms with van der Waals surface area (Å²) in [6.45, 7) is 1.96. The van der Waals surface area contributed by atoms with Crippen molar-refractivity contribution in [2.75, 3.05) is 5.73 Å². The molecule has 1 aromatic carbocycles. The highest BCUT2D eigenvalue weighted by Gasteiger charge is 2.02. The van der Waals surface area contributed by atoms with E-state index in [1.807, 2.05) is 25.1 Å². The number of nitrogens with one attached hydrogen (secondary N) is 1. The average molecular weight is 208 g/mol. The number of benzene rings is 1. The van der Waals surface area contributed by atoms with Crippen LogP contribution in [0.3, 0.4) is 0 Å². The number of nitrogens with zero attached hydrogens (tertiary/aromatic N) is 1. The maximum absolute atomic E-state index is 5.92. The van der Waals surface area contributed by atoms with Crippen LogP contribution >= 0.6 is 11.6 Å². The standard InChI is InChI=1S/C10H10ClN3/c1-6-4-7(2-3-8(6)11)9-5-13-10(12)14-9/h2-5H,1H3,(H3,12,13,14). The van der Waals surface area contributed by atoms with Crippen molar-refractivity contribution in [2.45, 2.75) is 6.92 Å². The third-order valence-electron chi connectivity index (χ3n) is 2.06. The third-order valence-corrected chi connectivity index (χ3v) is 2.49. The van der Waals surface area contributed by atoms with Gasteiger partial charge in [-0.3, -0.25) is 0 Å². The van der Waals surface area contributed by atoms with E-state index in [1.54, 1.807) is 6.20 Å². The van der Waals surface area contributed by atoms with Crippen molar-refractivity contribution < 1.29 is 0 Å². The second-order valence-corrected chi connectivity index (χ2v) is 3.55. The van der Waals surface area contributed by atoms with Crippen molar-refractivity contribution >= 4 is 17.5 Å². The van der Waals surface area contributed by atoms with E-state index in [9.17, 15) is 0 Å². The SMILES string of the molecule is Cc1cc(-c2cnc(N)[nH]2)ccc1Cl. The number of aryl methyl sites for hydroxylation is 1. The van der Waals surface area contributed by atoms with E-state index in [2.05, 4.69) is 9.97 Å². The molecule has 0 fully saturated rings. The Labute approximate surface area is 86.9 Å². The molecule has 1 aromatic heterocycles. The van der Waals surface area contributed by atoms with Crippen LogP contribution in [0.5, 0.6) is 0 Å². The number of rotatable bonds is 1. The van der Waals surface area contributed by atoms with E-state index in [0.29, 0.717) is 5.95 Å². The topological polar surface area (TPSA) is 54.7 Å². The van der Waals surface area contributed by atoms with Gasteiger partial charge in [-0.1, -0.05) is 17.7 Å². The molecular weight excluding hydrogens is 198 g/mol. The molecule has 3 N–H and O–H groups in total. The van der Waals surface area contributed by atoms with Gasteiger partial charge in [0.2, 0.25) is 0 Å². The molecule has 2 aromatic rings. The first kappa shape index (κ1) is 9.09. The molecule has 0 spiro atoms. The zero-order chi connectivity index (χ0) is 10.1. The summed E-state index contributed by atoms with van der Waals surface area (Å²) in [5.41, 5.74) is 8.47. The molecule has 0 bridgehead atoms. The van der Waals surface area contributed by atoms with Crippen molar-refractivity contribution in [2.24, 2.45) is 0 Å². The molecule has 0 unspecified atom stereocenters. The number of halogens is 1. The summed E-state index contributed by atoms with van der Waals surface area (Å²) >= 11 is 5.92. The molecule has 0 atom stereocenters. The Morgan fingerprint density at radius 2 is 2.21 bits per heavy atom. The number of nitrogen functional groups attached to an aromatic ring is 1. The molecule has 4 heteroatoms. The van der Waals surface area contributed by atoms with Crippen molar-refractivity contribution in [1.29, 1.82) is 0 Å². The van der Waals surface area contributed by atoms with E-state index >= 15 is 0 Å². The lowest BCUT2D eigenvalue weighted by Crippen LogP contribution is -1.86. The predicted molar refractivity (Wildman–Crippen MR) is 58.2 cm³/mol. The predicted octanol–water partition coefficient (Wildman–Crippen LogP) is 2.62. The van der Waals surface area contributed by atoms with Crippen LogP contribution in [-0.2, 0) is 0 Å². The largest absolute Gasteiger partial charge is 0.369 e. The quantitative estimate of drug-likeness (QED) is 0.755. The second kappa shape index (κ2) is 3.35. The highest BCUT2D eigenvalue weighted by Crippen LogP contribution is 2.23. The Kier molecular flexibility index (Phi) is 2.17. The minimum absolute atomic E-state index is 0.424. The molecule has 0 aliphatic carbocycles. The third kappa shape index (κ3) is 1.59. The van der Waals surface area contributed by atoms with E-state index < -0.39 is 0 Å². The van der Waals surface area contributed by atoms with Crippen LogP contribution in [0.2, 0.25) is 5.02 Å². The normalized spacial score (nSPS) is 10.4. The molecule has 1 heterocycles. The Morgan fingerprint density at radius 1 is 1.43 bits per heavy atom. The molecule has 72 valence electrons. The van der Waals surface area contributed by atoms with Crippen molar-refractivity contribution in [3.8, 4) is 11.3 Å². The molecule has 2 rings (SSSR count). The van der Waals surface area contributed by atoms with Crippen molar-refractivity contribution in [3.05, 3.63) is 35.0 Å². The number of imidazole rings is 1. The first-order valence-corrected chi connectivity index (χ1v) is 4.61. The highest BCUT2D eigenvalue weighted by molar-refractivity contribution is 6.31. The summed E-state index contributed by atoms with van der Waals surface area (Å²) in [6, 6.07) is 5.79. The lowest BCUT2D eigenvalue weighted by Gasteiger charge is -2.01. The van der Waals surface area contributed by atoms with Gasteiger partial charge in [-0.05, 0) is 30.2 Å². The summed E-state index contributed by atoms with van der Waals surface area (Å²) in [5, 5.41) is 0.765. The van der Waals surface area contributed by atoms with Crippen LogP contribution in [-0.4, -0.2) is 9.97 Å². The van der Waals surface area contributed by atoms with Crippen molar-refractivity contribution in [1.82, 2.24) is 9.97 Å². The minimum Gasteiger partial charge on any atom is -0.369 e. The lowest BCUT2D eigenvalue weighted by molar-refractivity contribution is 1.32. The fourth-order valence-corrected chi connectivity index (χ4v) is 1.41. The van der Waals surface area contributed by atoms with Gasteiger partial charge in [-0.15, -0.1) is 0 Å². The number of nitrogens with two attached hydrogens (primary N) is 1. The van der Waals surface area contributed by atoms with Gasteiger partial charge >= 0.3 is 0 Å². The van der Waals surface area contributed by atoms with Gasteiger partial charge in [0.25, 0.3) is 0 Å². The molecular formula is C10H10ClN3. The number of aromatic nitrogens is 2. The first-order chi connectivity index (χ1) is 6.66. The molecule has 0 radical (unpaired) electrons. The molecule has 3 nitrogen and oxygen atoms in total. The lowest BCUT2D eigenvalue weighted by atomic mass is 10.1. The van der Waals surface area contributed by atoms with Gasteiger partial charge in [0, 0.05) is 5.02 Å². The fraction of sp³-hybridized carbons (Fsp3) is 0.100. The van der Waals surface area contributed by atoms with E-state index in [1.165, 1.54) is 0 Å². The maximum Gasteiger partial charge on any atom is 0.197 e. The van der Waals surface area contributed by atoms with E-state index in [0.717, 1.165) is 21.8 Å². The van der Waals surface area contributed by atoms with Crippen LogP contribution in [0.4, 0.5) is 5.95 Å². The van der Waals surface area contributed by atoms with Crippen molar-refractivity contribution in [3.63, 3.8) is 0 Å². The van der Waals surface area contributed by atoms with Crippen LogP contribution < -0.4 is 5.73 Å². The van der Waals surface area contributed by atoms with Gasteiger partial charge in [-0.25, -0.2) is 4.98 Å². The number of anilines is 1. The van der Waals surface area contributed by atoms with Gasteiger partial charge in [0.15, 0.2) is 5.95 Å². The zero-order valence-corrected chi connectivity index (χ0v) is 8.47. The van der Waals surface area contributed by atoms with Crippen LogP contribution in [0.25, 0.3) is 11.3 Å². The Hall–Kier alpha value is -1.48. The number of hydrogen-bond donors (Lipinski definition) is 2. The summed E-state index contributed by atoms with van der Waals surface area (Å²) in [7, 11) is 0. The molecule has 14 heavy (non-hydrogen) atoms. The smallest absolute Gasteiger partial charge is 0.197 e. The summed E-state index contributed by atoms with van der Waals surface area (Å²) in [5.74, 6) is 0.424. The molecule has 0 saturated carbocycles. The van der Waals surface area contributed by atoms with Crippen LogP contribution in [0, 0.1) is 6.92 Å². The van der Waals surface area contributed by atoms with Gasteiger partial charge in [0.1, 0.15) is 0 Å². The number of H-pyrrole nitrogens is 1. The maximum atomic E-state index is 5.92. The van der Waals surface area contributed by atoms with Crippen LogP contribution in [0.1, 0.15) is 5.56 Å². The van der Waals surface area contributed by atoms with Gasteiger partial charge in [0.05, 0.1) is 11.9 Å². The van der Waals surface area contributed by atoms with E-state index in [-0.39, 0.29) is 0 Å². The van der Waals surface area contributed by atoms with Crippen LogP contribution in [0.15, 0.2) is 24.4 Å².